The Balaban J connectivity index is 4.15. The van der Waals surface area contributed by atoms with E-state index < -0.39 is 0 Å². The molecule has 0 aliphatic rings. The number of nitrogens with zero attached hydrogens (tertiary/aromatic N) is 2. The van der Waals surface area contributed by atoms with Crippen molar-refractivity contribution in [1.29, 1.82) is 0 Å². The van der Waals surface area contributed by atoms with Gasteiger partial charge < -0.3 is 10.6 Å². The highest BCUT2D eigenvalue weighted by atomic mass is 16.2. The van der Waals surface area contributed by atoms with E-state index in [0.717, 1.165) is 13.0 Å². The Hall–Kier alpha value is -0.610. The number of carbonyl (C=O) groups excluding carboxylic acids is 1. The van der Waals surface area contributed by atoms with Gasteiger partial charge in [-0.15, -0.1) is 0 Å². The first-order valence-corrected chi connectivity index (χ1v) is 5.17. The van der Waals surface area contributed by atoms with Gasteiger partial charge >= 0.3 is 0 Å². The van der Waals surface area contributed by atoms with Gasteiger partial charge in [0.05, 0.1) is 6.54 Å². The van der Waals surface area contributed by atoms with Crippen LogP contribution >= 0.6 is 0 Å². The molecule has 0 rings (SSSR count). The van der Waals surface area contributed by atoms with E-state index >= 15 is 0 Å². The van der Waals surface area contributed by atoms with Gasteiger partial charge in [0.25, 0.3) is 0 Å². The molecule has 0 saturated heterocycles. The fraction of sp³-hybridized carbons (Fsp3) is 0.900. The molecule has 0 bridgehead atoms. The van der Waals surface area contributed by atoms with E-state index in [1.807, 2.05) is 0 Å². The summed E-state index contributed by atoms with van der Waals surface area (Å²) in [5.74, 6) is 0.138. The molecule has 2 N–H and O–H groups in total. The lowest BCUT2D eigenvalue weighted by Crippen LogP contribution is -2.44. The van der Waals surface area contributed by atoms with E-state index in [0.29, 0.717) is 13.1 Å². The molecule has 0 saturated carbocycles. The minimum Gasteiger partial charge on any atom is -0.348 e. The number of nitrogens with two attached hydrogens (primary N) is 1. The van der Waals surface area contributed by atoms with Gasteiger partial charge in [0.2, 0.25) is 5.91 Å². The summed E-state index contributed by atoms with van der Waals surface area (Å²) in [5.41, 5.74) is 5.59. The van der Waals surface area contributed by atoms with Crippen LogP contribution in [-0.4, -0.2) is 55.5 Å². The zero-order chi connectivity index (χ0) is 11.1. The van der Waals surface area contributed by atoms with Crippen molar-refractivity contribution < 1.29 is 4.79 Å². The van der Waals surface area contributed by atoms with Crippen LogP contribution in [0.2, 0.25) is 0 Å². The molecule has 0 aromatic rings. The lowest BCUT2D eigenvalue weighted by molar-refractivity contribution is -0.130. The fourth-order valence-electron chi connectivity index (χ4n) is 1.21. The maximum Gasteiger partial charge on any atom is 0.236 e. The standard InChI is InChI=1S/C10H23N3O/c1-5-6-13(9(2)7-11)8-10(14)12(3)4/h9H,5-8,11H2,1-4H3. The number of likely N-dealkylation sites (N-methyl/N-ethyl adjacent to an activating group) is 1. The third kappa shape index (κ3) is 4.58. The van der Waals surface area contributed by atoms with Crippen LogP contribution in [0.25, 0.3) is 0 Å². The average molecular weight is 201 g/mol. The van der Waals surface area contributed by atoms with Crippen LogP contribution in [0, 0.1) is 0 Å². The van der Waals surface area contributed by atoms with Crippen LogP contribution in [0.1, 0.15) is 20.3 Å². The van der Waals surface area contributed by atoms with Crippen molar-refractivity contribution >= 4 is 5.91 Å². The Bertz CT molecular complexity index is 171. The van der Waals surface area contributed by atoms with Gasteiger partial charge in [-0.1, -0.05) is 6.92 Å². The molecule has 0 radical (unpaired) electrons. The second-order valence-corrected chi connectivity index (χ2v) is 3.84. The highest BCUT2D eigenvalue weighted by molar-refractivity contribution is 5.77. The van der Waals surface area contributed by atoms with Gasteiger partial charge in [-0.05, 0) is 19.9 Å². The molecule has 1 atom stereocenters. The smallest absolute Gasteiger partial charge is 0.236 e. The molecule has 84 valence electrons. The van der Waals surface area contributed by atoms with Gasteiger partial charge in [-0.3, -0.25) is 9.69 Å². The van der Waals surface area contributed by atoms with Gasteiger partial charge in [0.15, 0.2) is 0 Å². The Morgan fingerprint density at radius 3 is 2.36 bits per heavy atom. The Morgan fingerprint density at radius 1 is 1.43 bits per heavy atom. The average Bonchev–Trinajstić information content (AvgIpc) is 2.15. The van der Waals surface area contributed by atoms with Crippen molar-refractivity contribution in [3.8, 4) is 0 Å². The molecule has 4 heteroatoms. The highest BCUT2D eigenvalue weighted by Gasteiger charge is 2.15. The second kappa shape index (κ2) is 6.79. The maximum absolute atomic E-state index is 11.5. The van der Waals surface area contributed by atoms with E-state index in [2.05, 4.69) is 18.7 Å². The number of hydrogen-bond donors (Lipinski definition) is 1. The first kappa shape index (κ1) is 13.4. The van der Waals surface area contributed by atoms with Crippen LogP contribution in [0.3, 0.4) is 0 Å². The van der Waals surface area contributed by atoms with Crippen molar-refractivity contribution in [3.05, 3.63) is 0 Å². The lowest BCUT2D eigenvalue weighted by Gasteiger charge is -2.28. The van der Waals surface area contributed by atoms with E-state index in [9.17, 15) is 4.79 Å². The topological polar surface area (TPSA) is 49.6 Å². The number of amides is 1. The van der Waals surface area contributed by atoms with Gasteiger partial charge in [-0.2, -0.15) is 0 Å². The summed E-state index contributed by atoms with van der Waals surface area (Å²) in [4.78, 5) is 15.2. The lowest BCUT2D eigenvalue weighted by atomic mass is 10.2. The molecule has 0 aromatic carbocycles. The third-order valence-corrected chi connectivity index (χ3v) is 2.31. The zero-order valence-corrected chi connectivity index (χ0v) is 9.79. The predicted molar refractivity (Wildman–Crippen MR) is 59.1 cm³/mol. The van der Waals surface area contributed by atoms with Crippen molar-refractivity contribution in [2.24, 2.45) is 5.73 Å². The van der Waals surface area contributed by atoms with Gasteiger partial charge in [-0.25, -0.2) is 0 Å². The van der Waals surface area contributed by atoms with Crippen molar-refractivity contribution in [2.45, 2.75) is 26.3 Å². The molecule has 1 amide bonds. The zero-order valence-electron chi connectivity index (χ0n) is 9.79. The summed E-state index contributed by atoms with van der Waals surface area (Å²) in [6.45, 7) is 6.16. The second-order valence-electron chi connectivity index (χ2n) is 3.84. The quantitative estimate of drug-likeness (QED) is 0.665. The van der Waals surface area contributed by atoms with Crippen molar-refractivity contribution in [1.82, 2.24) is 9.80 Å². The van der Waals surface area contributed by atoms with E-state index in [1.54, 1.807) is 19.0 Å². The Kier molecular flexibility index (Phi) is 6.49. The van der Waals surface area contributed by atoms with Crippen molar-refractivity contribution in [2.75, 3.05) is 33.7 Å². The normalized spacial score (nSPS) is 13.0. The van der Waals surface area contributed by atoms with Crippen LogP contribution in [-0.2, 0) is 4.79 Å². The molecule has 14 heavy (non-hydrogen) atoms. The summed E-state index contributed by atoms with van der Waals surface area (Å²) in [6, 6.07) is 0.277. The molecule has 0 fully saturated rings. The molecular formula is C10H23N3O. The van der Waals surface area contributed by atoms with E-state index in [-0.39, 0.29) is 11.9 Å². The third-order valence-electron chi connectivity index (χ3n) is 2.31. The number of carbonyl (C=O) groups is 1. The Labute approximate surface area is 87.0 Å². The van der Waals surface area contributed by atoms with Crippen LogP contribution in [0.4, 0.5) is 0 Å². The Morgan fingerprint density at radius 2 is 2.00 bits per heavy atom. The van der Waals surface area contributed by atoms with Crippen LogP contribution in [0.5, 0.6) is 0 Å². The molecule has 0 aromatic heterocycles. The fourth-order valence-corrected chi connectivity index (χ4v) is 1.21. The van der Waals surface area contributed by atoms with E-state index in [4.69, 9.17) is 5.73 Å². The first-order valence-electron chi connectivity index (χ1n) is 5.17. The molecule has 0 heterocycles. The minimum atomic E-state index is 0.138. The number of rotatable bonds is 6. The van der Waals surface area contributed by atoms with Gasteiger partial charge in [0.1, 0.15) is 0 Å². The maximum atomic E-state index is 11.5. The van der Waals surface area contributed by atoms with E-state index in [1.165, 1.54) is 0 Å². The summed E-state index contributed by atoms with van der Waals surface area (Å²) >= 11 is 0. The summed E-state index contributed by atoms with van der Waals surface area (Å²) in [7, 11) is 3.55. The summed E-state index contributed by atoms with van der Waals surface area (Å²) in [5, 5.41) is 0. The molecule has 0 spiro atoms. The highest BCUT2D eigenvalue weighted by Crippen LogP contribution is 1.99. The first-order chi connectivity index (χ1) is 6.52. The summed E-state index contributed by atoms with van der Waals surface area (Å²) in [6.07, 6.45) is 1.05. The number of hydrogen-bond acceptors (Lipinski definition) is 3. The monoisotopic (exact) mass is 201 g/mol. The molecule has 4 nitrogen and oxygen atoms in total. The van der Waals surface area contributed by atoms with Crippen molar-refractivity contribution in [3.63, 3.8) is 0 Å². The minimum absolute atomic E-state index is 0.138. The largest absolute Gasteiger partial charge is 0.348 e. The van der Waals surface area contributed by atoms with Gasteiger partial charge in [0, 0.05) is 26.7 Å². The SMILES string of the molecule is CCCN(CC(=O)N(C)C)C(C)CN. The predicted octanol–water partition coefficient (Wildman–Crippen LogP) is 0.134. The molecule has 0 aliphatic heterocycles. The van der Waals surface area contributed by atoms with Crippen LogP contribution in [0.15, 0.2) is 0 Å². The molecule has 1 unspecified atom stereocenters. The molecule has 0 aliphatic carbocycles. The molecular weight excluding hydrogens is 178 g/mol. The van der Waals surface area contributed by atoms with Crippen LogP contribution < -0.4 is 5.73 Å². The summed E-state index contributed by atoms with van der Waals surface area (Å²) < 4.78 is 0.